The first-order chi connectivity index (χ1) is 9.71. The number of methoxy groups -OCH3 is 1. The van der Waals surface area contributed by atoms with Gasteiger partial charge in [-0.05, 0) is 25.0 Å². The lowest BCUT2D eigenvalue weighted by molar-refractivity contribution is 0.406. The molecule has 0 radical (unpaired) electrons. The number of phenols is 1. The molecule has 1 rings (SSSR count). The maximum Gasteiger partial charge on any atom is 0.191 e. The van der Waals surface area contributed by atoms with Gasteiger partial charge in [0.2, 0.25) is 0 Å². The molecule has 0 heterocycles. The minimum atomic E-state index is 0. The standard InChI is InChI=1S/C15H23N3O2.HI/c1-4-9-17-15(16-5-2)18-10-8-12-6-7-13(20-3)11-14(12)19;/h4,6-7,11,19H,1,5,8-10H2,2-3H3,(H2,16,17,18);1H. The number of guanidine groups is 1. The first-order valence-corrected chi connectivity index (χ1v) is 6.70. The lowest BCUT2D eigenvalue weighted by Crippen LogP contribution is -2.37. The third-order valence-electron chi connectivity index (χ3n) is 2.70. The molecule has 0 amide bonds. The number of rotatable bonds is 7. The molecule has 5 nitrogen and oxygen atoms in total. The number of nitrogens with one attached hydrogen (secondary N) is 2. The molecule has 21 heavy (non-hydrogen) atoms. The second kappa shape index (κ2) is 11.2. The highest BCUT2D eigenvalue weighted by molar-refractivity contribution is 14.0. The molecule has 0 fully saturated rings. The van der Waals surface area contributed by atoms with Crippen molar-refractivity contribution in [1.29, 1.82) is 0 Å². The second-order valence-electron chi connectivity index (χ2n) is 4.17. The predicted molar refractivity (Wildman–Crippen MR) is 98.0 cm³/mol. The van der Waals surface area contributed by atoms with Gasteiger partial charge in [-0.25, -0.2) is 0 Å². The highest BCUT2D eigenvalue weighted by atomic mass is 127. The van der Waals surface area contributed by atoms with E-state index in [0.717, 1.165) is 18.1 Å². The number of phenolic OH excluding ortho intramolecular Hbond substituents is 1. The highest BCUT2D eigenvalue weighted by Crippen LogP contribution is 2.23. The minimum Gasteiger partial charge on any atom is -0.508 e. The fourth-order valence-electron chi connectivity index (χ4n) is 1.68. The van der Waals surface area contributed by atoms with Gasteiger partial charge < -0.3 is 20.5 Å². The van der Waals surface area contributed by atoms with Crippen molar-refractivity contribution in [3.8, 4) is 11.5 Å². The number of ether oxygens (including phenoxy) is 1. The maximum atomic E-state index is 9.86. The average Bonchev–Trinajstić information content (AvgIpc) is 2.46. The van der Waals surface area contributed by atoms with Crippen LogP contribution in [0.4, 0.5) is 0 Å². The first-order valence-electron chi connectivity index (χ1n) is 6.70. The van der Waals surface area contributed by atoms with Crippen LogP contribution in [0.2, 0.25) is 0 Å². The largest absolute Gasteiger partial charge is 0.508 e. The molecule has 0 saturated carbocycles. The summed E-state index contributed by atoms with van der Waals surface area (Å²) in [6.07, 6.45) is 2.45. The molecule has 0 aliphatic carbocycles. The van der Waals surface area contributed by atoms with Crippen LogP contribution >= 0.6 is 24.0 Å². The third-order valence-corrected chi connectivity index (χ3v) is 2.70. The summed E-state index contributed by atoms with van der Waals surface area (Å²) in [7, 11) is 1.58. The molecule has 118 valence electrons. The summed E-state index contributed by atoms with van der Waals surface area (Å²) in [4.78, 5) is 4.43. The van der Waals surface area contributed by atoms with Gasteiger partial charge in [0.25, 0.3) is 0 Å². The number of nitrogens with zero attached hydrogens (tertiary/aromatic N) is 1. The van der Waals surface area contributed by atoms with E-state index in [1.807, 2.05) is 19.1 Å². The molecular formula is C15H24IN3O2. The van der Waals surface area contributed by atoms with E-state index >= 15 is 0 Å². The summed E-state index contributed by atoms with van der Waals surface area (Å²) >= 11 is 0. The van der Waals surface area contributed by atoms with Gasteiger partial charge in [0.1, 0.15) is 11.5 Å². The number of hydrogen-bond donors (Lipinski definition) is 3. The maximum absolute atomic E-state index is 9.86. The van der Waals surface area contributed by atoms with Gasteiger partial charge in [-0.3, -0.25) is 4.99 Å². The van der Waals surface area contributed by atoms with Gasteiger partial charge in [0.05, 0.1) is 7.11 Å². The summed E-state index contributed by atoms with van der Waals surface area (Å²) in [5.41, 5.74) is 0.856. The zero-order valence-corrected chi connectivity index (χ0v) is 14.9. The summed E-state index contributed by atoms with van der Waals surface area (Å²) < 4.78 is 5.05. The Bertz CT molecular complexity index is 464. The molecule has 0 unspecified atom stereocenters. The van der Waals surface area contributed by atoms with Crippen LogP contribution in [0.5, 0.6) is 11.5 Å². The van der Waals surface area contributed by atoms with E-state index in [9.17, 15) is 5.11 Å². The Morgan fingerprint density at radius 3 is 2.76 bits per heavy atom. The van der Waals surface area contributed by atoms with Crippen LogP contribution in [-0.2, 0) is 6.42 Å². The lowest BCUT2D eigenvalue weighted by atomic mass is 10.1. The topological polar surface area (TPSA) is 65.9 Å². The van der Waals surface area contributed by atoms with Crippen molar-refractivity contribution < 1.29 is 9.84 Å². The number of aromatic hydroxyl groups is 1. The Labute approximate surface area is 143 Å². The van der Waals surface area contributed by atoms with E-state index in [0.29, 0.717) is 25.3 Å². The van der Waals surface area contributed by atoms with E-state index in [4.69, 9.17) is 4.74 Å². The normalized spacial score (nSPS) is 10.5. The summed E-state index contributed by atoms with van der Waals surface area (Å²) in [6, 6.07) is 5.30. The van der Waals surface area contributed by atoms with Crippen LogP contribution in [0, 0.1) is 0 Å². The van der Waals surface area contributed by atoms with Crippen LogP contribution in [0.25, 0.3) is 0 Å². The quantitative estimate of drug-likeness (QED) is 0.282. The Balaban J connectivity index is 0.00000400. The van der Waals surface area contributed by atoms with Crippen LogP contribution in [-0.4, -0.2) is 37.8 Å². The Kier molecular flexibility index (Phi) is 10.5. The molecule has 0 saturated heterocycles. The van der Waals surface area contributed by atoms with Gasteiger partial charge >= 0.3 is 0 Å². The van der Waals surface area contributed by atoms with Crippen molar-refractivity contribution in [1.82, 2.24) is 10.6 Å². The Morgan fingerprint density at radius 2 is 2.19 bits per heavy atom. The van der Waals surface area contributed by atoms with Crippen LogP contribution < -0.4 is 15.4 Å². The number of halogens is 1. The Hall–Kier alpha value is -1.44. The van der Waals surface area contributed by atoms with Crippen molar-refractivity contribution in [3.05, 3.63) is 36.4 Å². The highest BCUT2D eigenvalue weighted by Gasteiger charge is 2.03. The molecule has 0 spiro atoms. The summed E-state index contributed by atoms with van der Waals surface area (Å²) in [5, 5.41) is 16.1. The summed E-state index contributed by atoms with van der Waals surface area (Å²) in [6.45, 7) is 7.73. The zero-order valence-electron chi connectivity index (χ0n) is 12.6. The fraction of sp³-hybridized carbons (Fsp3) is 0.400. The van der Waals surface area contributed by atoms with Gasteiger partial charge in [-0.15, -0.1) is 30.6 Å². The molecule has 1 aromatic rings. The van der Waals surface area contributed by atoms with Crippen molar-refractivity contribution in [2.75, 3.05) is 26.7 Å². The monoisotopic (exact) mass is 405 g/mol. The van der Waals surface area contributed by atoms with Crippen LogP contribution in [0.1, 0.15) is 12.5 Å². The SMILES string of the molecule is C=CCNC(=NCCc1ccc(OC)cc1O)NCC.I. The summed E-state index contributed by atoms with van der Waals surface area (Å²) in [5.74, 6) is 1.64. The molecular weight excluding hydrogens is 381 g/mol. The van der Waals surface area contributed by atoms with E-state index in [1.54, 1.807) is 19.3 Å². The van der Waals surface area contributed by atoms with Crippen molar-refractivity contribution >= 4 is 29.9 Å². The molecule has 6 heteroatoms. The van der Waals surface area contributed by atoms with Gasteiger partial charge in [-0.1, -0.05) is 12.1 Å². The molecule has 0 bridgehead atoms. The lowest BCUT2D eigenvalue weighted by Gasteiger charge is -2.10. The van der Waals surface area contributed by atoms with Gasteiger partial charge in [0, 0.05) is 25.7 Å². The average molecular weight is 405 g/mol. The molecule has 1 aromatic carbocycles. The van der Waals surface area contributed by atoms with Crippen LogP contribution in [0.3, 0.4) is 0 Å². The number of benzene rings is 1. The molecule has 0 aliphatic rings. The first kappa shape index (κ1) is 19.6. The van der Waals surface area contributed by atoms with E-state index in [1.165, 1.54) is 0 Å². The van der Waals surface area contributed by atoms with Crippen molar-refractivity contribution in [3.63, 3.8) is 0 Å². The molecule has 0 aliphatic heterocycles. The number of hydrogen-bond acceptors (Lipinski definition) is 3. The predicted octanol–water partition coefficient (Wildman–Crippen LogP) is 2.30. The van der Waals surface area contributed by atoms with E-state index < -0.39 is 0 Å². The van der Waals surface area contributed by atoms with E-state index in [-0.39, 0.29) is 29.7 Å². The van der Waals surface area contributed by atoms with E-state index in [2.05, 4.69) is 22.2 Å². The molecule has 0 atom stereocenters. The second-order valence-corrected chi connectivity index (χ2v) is 4.17. The minimum absolute atomic E-state index is 0. The zero-order chi connectivity index (χ0) is 14.8. The number of aliphatic imine (C=N–C) groups is 1. The third kappa shape index (κ3) is 7.22. The molecule has 3 N–H and O–H groups in total. The molecule has 0 aromatic heterocycles. The van der Waals surface area contributed by atoms with Crippen LogP contribution in [0.15, 0.2) is 35.8 Å². The van der Waals surface area contributed by atoms with Crippen molar-refractivity contribution in [2.45, 2.75) is 13.3 Å². The smallest absolute Gasteiger partial charge is 0.191 e. The van der Waals surface area contributed by atoms with Crippen molar-refractivity contribution in [2.24, 2.45) is 4.99 Å². The van der Waals surface area contributed by atoms with Gasteiger partial charge in [0.15, 0.2) is 5.96 Å². The Morgan fingerprint density at radius 1 is 1.43 bits per heavy atom. The van der Waals surface area contributed by atoms with Gasteiger partial charge in [-0.2, -0.15) is 0 Å². The fourth-order valence-corrected chi connectivity index (χ4v) is 1.68.